The fourth-order valence-corrected chi connectivity index (χ4v) is 0.770. The van der Waals surface area contributed by atoms with Crippen molar-refractivity contribution in [2.24, 2.45) is 5.10 Å². The van der Waals surface area contributed by atoms with Crippen LogP contribution in [0.2, 0.25) is 0 Å². The van der Waals surface area contributed by atoms with Gasteiger partial charge in [-0.3, -0.25) is 5.43 Å². The molecule has 0 atom stereocenters. The number of nitrogens with zero attached hydrogens (tertiary/aromatic N) is 1. The Morgan fingerprint density at radius 2 is 2.22 bits per heavy atom. The Balaban J connectivity index is 2.46. The zero-order chi connectivity index (χ0) is 6.91. The van der Waals surface area contributed by atoms with Crippen LogP contribution in [-0.4, -0.2) is 11.7 Å². The minimum Gasteiger partial charge on any atom is -0.281 e. The quantitative estimate of drug-likeness (QED) is 0.570. The summed E-state index contributed by atoms with van der Waals surface area (Å²) in [5, 5.41) is 2.39. The monoisotopic (exact) mass is 155 g/mol. The molecule has 1 rings (SSSR count). The van der Waals surface area contributed by atoms with Gasteiger partial charge in [0.1, 0.15) is 0 Å². The molecule has 0 saturated carbocycles. The topological polar surface area (TPSA) is 24.4 Å². The molecule has 1 N–H and O–H groups in total. The number of thioether (sulfide) groups is 1. The second kappa shape index (κ2) is 2.09. The largest absolute Gasteiger partial charge is 0.426 e. The predicted octanol–water partition coefficient (Wildman–Crippen LogP) is 1.32. The molecule has 1 heterocycles. The lowest BCUT2D eigenvalue weighted by Crippen LogP contribution is -2.25. The molecule has 0 spiro atoms. The first-order valence-electron chi connectivity index (χ1n) is 1.99. The molecular formula is C3H2F3N2S. The molecule has 0 aromatic heterocycles. The van der Waals surface area contributed by atoms with Crippen molar-refractivity contribution in [2.75, 3.05) is 0 Å². The van der Waals surface area contributed by atoms with Crippen molar-refractivity contribution in [2.45, 2.75) is 6.18 Å². The van der Waals surface area contributed by atoms with E-state index in [2.05, 4.69) is 5.10 Å². The van der Waals surface area contributed by atoms with Gasteiger partial charge in [-0.2, -0.15) is 18.3 Å². The molecule has 0 aliphatic carbocycles. The third-order valence-corrected chi connectivity index (χ3v) is 1.42. The fraction of sp³-hybridized carbons (Fsp3) is 0.333. The van der Waals surface area contributed by atoms with Gasteiger partial charge in [-0.05, 0) is 0 Å². The molecule has 0 unspecified atom stereocenters. The van der Waals surface area contributed by atoms with Gasteiger partial charge < -0.3 is 0 Å². The number of hydrogen-bond donors (Lipinski definition) is 1. The second-order valence-electron chi connectivity index (χ2n) is 1.29. The van der Waals surface area contributed by atoms with E-state index in [0.717, 1.165) is 5.55 Å². The van der Waals surface area contributed by atoms with E-state index in [4.69, 9.17) is 0 Å². The molecule has 1 radical (unpaired) electrons. The zero-order valence-electron chi connectivity index (χ0n) is 4.07. The van der Waals surface area contributed by atoms with Gasteiger partial charge in [0, 0.05) is 0 Å². The van der Waals surface area contributed by atoms with Crippen molar-refractivity contribution in [3.8, 4) is 0 Å². The summed E-state index contributed by atoms with van der Waals surface area (Å²) in [5.41, 5.74) is 2.92. The number of hydrazone groups is 1. The number of alkyl halides is 3. The SMILES string of the molecule is FC(F)(F)[C]1NN=CS1. The molecule has 2 nitrogen and oxygen atoms in total. The molecular weight excluding hydrogens is 153 g/mol. The van der Waals surface area contributed by atoms with Crippen LogP contribution in [0.5, 0.6) is 0 Å². The Morgan fingerprint density at radius 1 is 1.56 bits per heavy atom. The van der Waals surface area contributed by atoms with Gasteiger partial charge in [0.2, 0.25) is 5.37 Å². The van der Waals surface area contributed by atoms with Crippen molar-refractivity contribution in [3.05, 3.63) is 5.37 Å². The Kier molecular flexibility index (Phi) is 1.56. The molecule has 0 amide bonds. The maximum absolute atomic E-state index is 11.6. The lowest BCUT2D eigenvalue weighted by molar-refractivity contribution is -0.106. The van der Waals surface area contributed by atoms with E-state index in [1.165, 1.54) is 0 Å². The molecule has 0 aromatic carbocycles. The van der Waals surface area contributed by atoms with Crippen molar-refractivity contribution in [3.63, 3.8) is 0 Å². The maximum atomic E-state index is 11.6. The van der Waals surface area contributed by atoms with Gasteiger partial charge in [0.05, 0.1) is 5.55 Å². The van der Waals surface area contributed by atoms with Gasteiger partial charge in [-0.15, -0.1) is 0 Å². The highest BCUT2D eigenvalue weighted by atomic mass is 32.2. The van der Waals surface area contributed by atoms with E-state index in [0.29, 0.717) is 11.8 Å². The average molecular weight is 155 g/mol. The molecule has 1 aliphatic heterocycles. The smallest absolute Gasteiger partial charge is 0.281 e. The highest BCUT2D eigenvalue weighted by Gasteiger charge is 2.43. The normalized spacial score (nSPS) is 20.3. The summed E-state index contributed by atoms with van der Waals surface area (Å²) in [6.45, 7) is 0. The lowest BCUT2D eigenvalue weighted by atomic mass is 10.6. The highest BCUT2D eigenvalue weighted by molar-refractivity contribution is 8.14. The summed E-state index contributed by atoms with van der Waals surface area (Å²) in [6, 6.07) is 0. The minimum absolute atomic E-state index is 0.538. The molecule has 0 aromatic rings. The fourth-order valence-electron chi connectivity index (χ4n) is 0.321. The molecule has 6 heteroatoms. The molecule has 9 heavy (non-hydrogen) atoms. The van der Waals surface area contributed by atoms with E-state index in [9.17, 15) is 13.2 Å². The van der Waals surface area contributed by atoms with Gasteiger partial charge >= 0.3 is 6.18 Å². The van der Waals surface area contributed by atoms with E-state index in [-0.39, 0.29) is 0 Å². The van der Waals surface area contributed by atoms with E-state index < -0.39 is 11.6 Å². The summed E-state index contributed by atoms with van der Waals surface area (Å²) >= 11 is 0.538. The first-order valence-corrected chi connectivity index (χ1v) is 2.87. The van der Waals surface area contributed by atoms with Crippen molar-refractivity contribution in [1.29, 1.82) is 0 Å². The number of nitrogens with one attached hydrogen (secondary N) is 1. The van der Waals surface area contributed by atoms with Crippen LogP contribution >= 0.6 is 11.8 Å². The van der Waals surface area contributed by atoms with Crippen molar-refractivity contribution in [1.82, 2.24) is 5.43 Å². The van der Waals surface area contributed by atoms with E-state index >= 15 is 0 Å². The molecule has 0 saturated heterocycles. The third kappa shape index (κ3) is 1.51. The van der Waals surface area contributed by atoms with Crippen LogP contribution in [0.3, 0.4) is 0 Å². The molecule has 0 bridgehead atoms. The molecule has 0 fully saturated rings. The highest BCUT2D eigenvalue weighted by Crippen LogP contribution is 2.35. The van der Waals surface area contributed by atoms with Gasteiger partial charge in [0.15, 0.2) is 0 Å². The Morgan fingerprint density at radius 3 is 2.44 bits per heavy atom. The third-order valence-electron chi connectivity index (χ3n) is 0.647. The van der Waals surface area contributed by atoms with Crippen LogP contribution in [0.4, 0.5) is 13.2 Å². The Hall–Kier alpha value is -0.390. The summed E-state index contributed by atoms with van der Waals surface area (Å²) in [7, 11) is 0. The van der Waals surface area contributed by atoms with Crippen LogP contribution in [0, 0.1) is 5.37 Å². The summed E-state index contributed by atoms with van der Waals surface area (Å²) in [5.74, 6) is 0. The van der Waals surface area contributed by atoms with Crippen LogP contribution in [-0.2, 0) is 0 Å². The predicted molar refractivity (Wildman–Crippen MR) is 28.5 cm³/mol. The lowest BCUT2D eigenvalue weighted by Gasteiger charge is -2.09. The van der Waals surface area contributed by atoms with Gasteiger partial charge in [-0.25, -0.2) is 0 Å². The van der Waals surface area contributed by atoms with Crippen LogP contribution < -0.4 is 5.43 Å². The summed E-state index contributed by atoms with van der Waals surface area (Å²) in [4.78, 5) is 0. The first-order chi connectivity index (χ1) is 4.11. The van der Waals surface area contributed by atoms with E-state index in [1.807, 2.05) is 5.43 Å². The zero-order valence-corrected chi connectivity index (χ0v) is 4.88. The summed E-state index contributed by atoms with van der Waals surface area (Å²) < 4.78 is 34.7. The summed E-state index contributed by atoms with van der Waals surface area (Å²) in [6.07, 6.45) is -4.28. The van der Waals surface area contributed by atoms with Gasteiger partial charge in [-0.1, -0.05) is 11.8 Å². The molecule has 51 valence electrons. The van der Waals surface area contributed by atoms with Gasteiger partial charge in [0.25, 0.3) is 0 Å². The Bertz CT molecular complexity index is 124. The minimum atomic E-state index is -4.28. The second-order valence-corrected chi connectivity index (χ2v) is 2.15. The first kappa shape index (κ1) is 6.73. The standard InChI is InChI=1S/C3H2F3N2S/c4-3(5,6)2-8-7-1-9-2/h1,8H. The average Bonchev–Trinajstić information content (AvgIpc) is 2.08. The van der Waals surface area contributed by atoms with Crippen molar-refractivity contribution < 1.29 is 13.2 Å². The van der Waals surface area contributed by atoms with Crippen molar-refractivity contribution >= 4 is 17.3 Å². The van der Waals surface area contributed by atoms with Crippen LogP contribution in [0.15, 0.2) is 5.10 Å². The van der Waals surface area contributed by atoms with Crippen LogP contribution in [0.1, 0.15) is 0 Å². The maximum Gasteiger partial charge on any atom is 0.426 e. The molecule has 1 aliphatic rings. The number of hydrogen-bond acceptors (Lipinski definition) is 3. The number of rotatable bonds is 0. The van der Waals surface area contributed by atoms with Crippen LogP contribution in [0.25, 0.3) is 0 Å². The number of halogens is 3. The van der Waals surface area contributed by atoms with E-state index in [1.54, 1.807) is 0 Å². The Labute approximate surface area is 53.5 Å².